The lowest BCUT2D eigenvalue weighted by Gasteiger charge is -2.20. The van der Waals surface area contributed by atoms with Gasteiger partial charge in [-0.05, 0) is 48.6 Å². The second-order valence-electron chi connectivity index (χ2n) is 6.01. The zero-order chi connectivity index (χ0) is 18.4. The number of hydrogen-bond acceptors (Lipinski definition) is 5. The Bertz CT molecular complexity index is 844. The summed E-state index contributed by atoms with van der Waals surface area (Å²) in [6.45, 7) is 3.91. The fraction of sp³-hybridized carbons (Fsp3) is 0.200. The minimum absolute atomic E-state index is 0.317. The lowest BCUT2D eigenvalue weighted by atomic mass is 10.1. The predicted molar refractivity (Wildman–Crippen MR) is 105 cm³/mol. The molecule has 3 rings (SSSR count). The molecule has 0 fully saturated rings. The van der Waals surface area contributed by atoms with Crippen LogP contribution in [0.1, 0.15) is 16.8 Å². The van der Waals surface area contributed by atoms with Crippen LogP contribution in [0.25, 0.3) is 0 Å². The minimum atomic E-state index is -0.473. The van der Waals surface area contributed by atoms with E-state index in [0.29, 0.717) is 18.1 Å². The molecule has 3 aromatic rings. The van der Waals surface area contributed by atoms with Gasteiger partial charge >= 0.3 is 0 Å². The topological polar surface area (TPSA) is 66.7 Å². The fourth-order valence-electron chi connectivity index (χ4n) is 2.68. The van der Waals surface area contributed by atoms with Crippen molar-refractivity contribution in [1.29, 1.82) is 0 Å². The highest BCUT2D eigenvalue weighted by Crippen LogP contribution is 2.20. The number of rotatable bonds is 6. The zero-order valence-corrected chi connectivity index (χ0v) is 15.5. The molecule has 0 amide bonds. The predicted octanol–water partition coefficient (Wildman–Crippen LogP) is 4.46. The maximum Gasteiger partial charge on any atom is 0.169 e. The molecule has 1 unspecified atom stereocenters. The maximum absolute atomic E-state index is 9.72. The highest BCUT2D eigenvalue weighted by molar-refractivity contribution is 7.08. The number of hydroxylamine groups is 1. The van der Waals surface area contributed by atoms with Gasteiger partial charge in [-0.2, -0.15) is 0 Å². The Labute approximate surface area is 157 Å². The number of aromatic nitrogens is 1. The smallest absolute Gasteiger partial charge is 0.169 e. The van der Waals surface area contributed by atoms with Crippen LogP contribution in [0, 0.1) is 13.8 Å². The summed E-state index contributed by atoms with van der Waals surface area (Å²) in [5.74, 6) is 1.59. The van der Waals surface area contributed by atoms with E-state index in [-0.39, 0.29) is 0 Å². The molecule has 2 heterocycles. The number of hydrogen-bond donors (Lipinski definition) is 2. The number of aliphatic imine (C=N–C) groups is 1. The number of thiophene rings is 1. The first-order chi connectivity index (χ1) is 12.6. The molecule has 0 saturated heterocycles. The molecule has 0 radical (unpaired) electrons. The number of nitrogens with zero attached hydrogens (tertiary/aromatic N) is 2. The Morgan fingerprint density at radius 2 is 2.04 bits per heavy atom. The second kappa shape index (κ2) is 8.60. The van der Waals surface area contributed by atoms with Crippen LogP contribution in [-0.4, -0.2) is 22.1 Å². The number of benzene rings is 1. The van der Waals surface area contributed by atoms with Gasteiger partial charge in [0.1, 0.15) is 5.75 Å². The third-order valence-electron chi connectivity index (χ3n) is 3.78. The molecule has 2 aromatic heterocycles. The largest absolute Gasteiger partial charge is 0.481 e. The summed E-state index contributed by atoms with van der Waals surface area (Å²) < 4.78 is 6.07. The van der Waals surface area contributed by atoms with Crippen LogP contribution in [0.15, 0.2) is 64.3 Å². The van der Waals surface area contributed by atoms with Crippen LogP contribution in [0.4, 0.5) is 5.82 Å². The van der Waals surface area contributed by atoms with E-state index < -0.39 is 6.10 Å². The third-order valence-corrected chi connectivity index (χ3v) is 4.44. The van der Waals surface area contributed by atoms with Gasteiger partial charge in [0.05, 0.1) is 0 Å². The minimum Gasteiger partial charge on any atom is -0.481 e. The summed E-state index contributed by atoms with van der Waals surface area (Å²) in [6, 6.07) is 15.7. The number of nitrogens with one attached hydrogen (secondary N) is 1. The van der Waals surface area contributed by atoms with Crippen LogP contribution < -0.4 is 10.2 Å². The first kappa shape index (κ1) is 18.1. The van der Waals surface area contributed by atoms with Gasteiger partial charge in [0.2, 0.25) is 0 Å². The average Bonchev–Trinajstić information content (AvgIpc) is 3.12. The van der Waals surface area contributed by atoms with E-state index in [1.54, 1.807) is 11.3 Å². The molecule has 6 heteroatoms. The van der Waals surface area contributed by atoms with Crippen LogP contribution in [0.3, 0.4) is 0 Å². The summed E-state index contributed by atoms with van der Waals surface area (Å²) in [5.41, 5.74) is 5.23. The molecule has 0 aliphatic heterocycles. The van der Waals surface area contributed by atoms with Crippen LogP contribution in [-0.2, 0) is 6.42 Å². The van der Waals surface area contributed by atoms with E-state index in [2.05, 4.69) is 15.5 Å². The molecule has 0 aliphatic carbocycles. The number of ether oxygens (including phenoxy) is 1. The molecule has 1 atom stereocenters. The molecule has 0 spiro atoms. The van der Waals surface area contributed by atoms with Gasteiger partial charge in [-0.15, -0.1) is 11.3 Å². The molecule has 2 N–H and O–H groups in total. The van der Waals surface area contributed by atoms with E-state index in [1.807, 2.05) is 73.1 Å². The van der Waals surface area contributed by atoms with Crippen molar-refractivity contribution in [1.82, 2.24) is 10.5 Å². The van der Waals surface area contributed by atoms with Gasteiger partial charge in [0, 0.05) is 17.5 Å². The molecule has 26 heavy (non-hydrogen) atoms. The SMILES string of the molecule is Cc1cc(C)nc(N=C(NO)C(Cc2ccccc2)Oc2ccsc2)c1. The average molecular weight is 367 g/mol. The van der Waals surface area contributed by atoms with Gasteiger partial charge in [-0.3, -0.25) is 10.7 Å². The lowest BCUT2D eigenvalue weighted by Crippen LogP contribution is -2.38. The summed E-state index contributed by atoms with van der Waals surface area (Å²) in [5, 5.41) is 13.6. The van der Waals surface area contributed by atoms with Crippen molar-refractivity contribution in [2.75, 3.05) is 0 Å². The number of pyridine rings is 1. The Morgan fingerprint density at radius 1 is 1.23 bits per heavy atom. The second-order valence-corrected chi connectivity index (χ2v) is 6.79. The van der Waals surface area contributed by atoms with Crippen molar-refractivity contribution in [3.05, 3.63) is 76.1 Å². The molecular formula is C20H21N3O2S. The molecule has 1 aromatic carbocycles. The van der Waals surface area contributed by atoms with Gasteiger partial charge < -0.3 is 4.74 Å². The zero-order valence-electron chi connectivity index (χ0n) is 14.7. The lowest BCUT2D eigenvalue weighted by molar-refractivity contribution is 0.199. The Morgan fingerprint density at radius 3 is 2.69 bits per heavy atom. The molecule has 5 nitrogen and oxygen atoms in total. The standard InChI is InChI=1S/C20H21N3O2S/c1-14-10-15(2)21-19(11-14)22-20(23-24)18(25-17-8-9-26-13-17)12-16-6-4-3-5-7-16/h3-11,13,18,24H,12H2,1-2H3,(H,21,22,23). The van der Waals surface area contributed by atoms with Crippen molar-refractivity contribution in [2.24, 2.45) is 4.99 Å². The molecule has 134 valence electrons. The molecule has 0 aliphatic rings. The monoisotopic (exact) mass is 367 g/mol. The van der Waals surface area contributed by atoms with E-state index >= 15 is 0 Å². The van der Waals surface area contributed by atoms with Crippen LogP contribution in [0.5, 0.6) is 5.75 Å². The van der Waals surface area contributed by atoms with Crippen molar-refractivity contribution in [2.45, 2.75) is 26.4 Å². The van der Waals surface area contributed by atoms with Gasteiger partial charge in [-0.1, -0.05) is 30.3 Å². The molecular weight excluding hydrogens is 346 g/mol. The Kier molecular flexibility index (Phi) is 5.99. The van der Waals surface area contributed by atoms with Crippen LogP contribution in [0.2, 0.25) is 0 Å². The normalized spacial score (nSPS) is 12.7. The van der Waals surface area contributed by atoms with Crippen molar-refractivity contribution in [3.63, 3.8) is 0 Å². The summed E-state index contributed by atoms with van der Waals surface area (Å²) in [4.78, 5) is 8.91. The summed E-state index contributed by atoms with van der Waals surface area (Å²) in [6.07, 6.45) is 0.0908. The van der Waals surface area contributed by atoms with E-state index in [9.17, 15) is 5.21 Å². The first-order valence-corrected chi connectivity index (χ1v) is 9.25. The van der Waals surface area contributed by atoms with E-state index in [1.165, 1.54) is 0 Å². The summed E-state index contributed by atoms with van der Waals surface area (Å²) in [7, 11) is 0. The maximum atomic E-state index is 9.72. The highest BCUT2D eigenvalue weighted by atomic mass is 32.1. The Balaban J connectivity index is 1.92. The quantitative estimate of drug-likeness (QED) is 0.383. The van der Waals surface area contributed by atoms with Crippen LogP contribution >= 0.6 is 11.3 Å². The first-order valence-electron chi connectivity index (χ1n) is 8.31. The van der Waals surface area contributed by atoms with Crippen molar-refractivity contribution in [3.8, 4) is 5.75 Å². The number of aryl methyl sites for hydroxylation is 2. The van der Waals surface area contributed by atoms with Crippen molar-refractivity contribution >= 4 is 23.0 Å². The summed E-state index contributed by atoms with van der Waals surface area (Å²) >= 11 is 1.55. The molecule has 0 saturated carbocycles. The fourth-order valence-corrected chi connectivity index (χ4v) is 3.23. The van der Waals surface area contributed by atoms with E-state index in [0.717, 1.165) is 22.6 Å². The van der Waals surface area contributed by atoms with E-state index in [4.69, 9.17) is 4.74 Å². The van der Waals surface area contributed by atoms with Gasteiger partial charge in [0.25, 0.3) is 0 Å². The third kappa shape index (κ3) is 4.91. The van der Waals surface area contributed by atoms with Gasteiger partial charge in [0.15, 0.2) is 17.8 Å². The van der Waals surface area contributed by atoms with Crippen molar-refractivity contribution < 1.29 is 9.94 Å². The highest BCUT2D eigenvalue weighted by Gasteiger charge is 2.20. The van der Waals surface area contributed by atoms with Gasteiger partial charge in [-0.25, -0.2) is 9.98 Å². The number of amidine groups is 1. The molecule has 0 bridgehead atoms. The Hall–Kier alpha value is -2.70.